The Bertz CT molecular complexity index is 362. The average Bonchev–Trinajstić information content (AvgIpc) is 2.47. The van der Waals surface area contributed by atoms with E-state index in [0.717, 1.165) is 0 Å². The summed E-state index contributed by atoms with van der Waals surface area (Å²) in [5.74, 6) is -2.54. The molecule has 0 aliphatic heterocycles. The number of hydrogen-bond acceptors (Lipinski definition) is 10. The monoisotopic (exact) mass is 310 g/mol. The Morgan fingerprint density at radius 1 is 0.524 bits per heavy atom. The molecule has 10 heteroatoms. The van der Waals surface area contributed by atoms with E-state index in [1.165, 1.54) is 0 Å². The van der Waals surface area contributed by atoms with Gasteiger partial charge in [-0.2, -0.15) is 0 Å². The first-order valence-electron chi connectivity index (χ1n) is 6.09. The van der Waals surface area contributed by atoms with Gasteiger partial charge < -0.3 is 40.9 Å². The van der Waals surface area contributed by atoms with Crippen molar-refractivity contribution in [1.82, 2.24) is 0 Å². The maximum atomic E-state index is 11.5. The van der Waals surface area contributed by atoms with Crippen LogP contribution in [0.25, 0.3) is 0 Å². The number of carbonyl (C=O) groups excluding carboxylic acids is 2. The molecule has 1 rings (SSSR count). The third kappa shape index (κ3) is 3.62. The third-order valence-corrected chi connectivity index (χ3v) is 3.40. The Labute approximate surface area is 118 Å². The molecule has 8 N–H and O–H groups in total. The quantitative estimate of drug-likeness (QED) is 0.200. The van der Waals surface area contributed by atoms with E-state index >= 15 is 0 Å². The lowest BCUT2D eigenvalue weighted by atomic mass is 9.93. The molecule has 1 aliphatic rings. The fourth-order valence-electron chi connectivity index (χ4n) is 1.94. The number of hydrogen-bond donors (Lipinski definition) is 8. The molecule has 0 bridgehead atoms. The predicted molar refractivity (Wildman–Crippen MR) is 62.7 cm³/mol. The third-order valence-electron chi connectivity index (χ3n) is 3.40. The first-order chi connectivity index (χ1) is 9.59. The minimum atomic E-state index is -2.26. The van der Waals surface area contributed by atoms with E-state index in [1.54, 1.807) is 0 Å². The molecular weight excluding hydrogens is 292 g/mol. The van der Waals surface area contributed by atoms with Crippen molar-refractivity contribution in [2.45, 2.75) is 55.3 Å². The van der Waals surface area contributed by atoms with Crippen LogP contribution in [0.1, 0.15) is 6.42 Å². The van der Waals surface area contributed by atoms with Crippen molar-refractivity contribution in [3.05, 3.63) is 0 Å². The number of ketones is 2. The van der Waals surface area contributed by atoms with Gasteiger partial charge in [0.05, 0.1) is 6.42 Å². The summed E-state index contributed by atoms with van der Waals surface area (Å²) in [5.41, 5.74) is 0. The second kappa shape index (κ2) is 6.85. The van der Waals surface area contributed by atoms with Crippen LogP contribution in [0.3, 0.4) is 0 Å². The molecule has 0 aromatic carbocycles. The van der Waals surface area contributed by atoms with Crippen LogP contribution in [0.15, 0.2) is 0 Å². The highest BCUT2D eigenvalue weighted by atomic mass is 16.4. The fourth-order valence-corrected chi connectivity index (χ4v) is 1.94. The second-order valence-corrected chi connectivity index (χ2v) is 4.94. The molecule has 0 aromatic rings. The minimum Gasteiger partial charge on any atom is -0.387 e. The normalized spacial score (nSPS) is 47.0. The highest BCUT2D eigenvalue weighted by Crippen LogP contribution is 2.18. The van der Waals surface area contributed by atoms with Gasteiger partial charge in [0.2, 0.25) is 0 Å². The van der Waals surface area contributed by atoms with Crippen LogP contribution in [0.5, 0.6) is 0 Å². The lowest BCUT2D eigenvalue weighted by Gasteiger charge is -2.31. The predicted octanol–water partition coefficient (Wildman–Crippen LogP) is -5.58. The van der Waals surface area contributed by atoms with Gasteiger partial charge in [-0.25, -0.2) is 0 Å². The Kier molecular flexibility index (Phi) is 5.90. The number of aliphatic hydroxyl groups is 8. The van der Waals surface area contributed by atoms with Crippen LogP contribution in [-0.2, 0) is 9.59 Å². The first-order valence-corrected chi connectivity index (χ1v) is 6.09. The molecule has 10 nitrogen and oxygen atoms in total. The summed E-state index contributed by atoms with van der Waals surface area (Å²) in [4.78, 5) is 23.0. The molecule has 1 fully saturated rings. The molecule has 122 valence electrons. The van der Waals surface area contributed by atoms with E-state index in [0.29, 0.717) is 0 Å². The van der Waals surface area contributed by atoms with Gasteiger partial charge in [-0.15, -0.1) is 0 Å². The van der Waals surface area contributed by atoms with Crippen molar-refractivity contribution in [2.75, 3.05) is 0 Å². The molecule has 1 saturated carbocycles. The topological polar surface area (TPSA) is 196 Å². The maximum Gasteiger partial charge on any atom is 0.171 e. The van der Waals surface area contributed by atoms with Gasteiger partial charge in [0.25, 0.3) is 0 Å². The molecular formula is C11H18O10. The van der Waals surface area contributed by atoms with Crippen molar-refractivity contribution in [3.8, 4) is 0 Å². The summed E-state index contributed by atoms with van der Waals surface area (Å²) in [5, 5.41) is 76.1. The Hall–Kier alpha value is -0.980. The summed E-state index contributed by atoms with van der Waals surface area (Å²) in [6, 6.07) is 0. The highest BCUT2D eigenvalue weighted by molar-refractivity contribution is 6.03. The SMILES string of the molecule is O=C1CC(=O)C(O)C(O)C(O)C(O)C(O)C(O)C(O)C1O. The van der Waals surface area contributed by atoms with Crippen molar-refractivity contribution in [3.63, 3.8) is 0 Å². The summed E-state index contributed by atoms with van der Waals surface area (Å²) in [6.07, 6.45) is -19.1. The zero-order chi connectivity index (χ0) is 16.5. The number of rotatable bonds is 0. The summed E-state index contributed by atoms with van der Waals surface area (Å²) >= 11 is 0. The van der Waals surface area contributed by atoms with Crippen LogP contribution in [-0.4, -0.2) is 101 Å². The van der Waals surface area contributed by atoms with E-state index in [9.17, 15) is 50.4 Å². The Balaban J connectivity index is 3.16. The summed E-state index contributed by atoms with van der Waals surface area (Å²) in [6.45, 7) is 0. The first kappa shape index (κ1) is 18.1. The number of carbonyl (C=O) groups is 2. The van der Waals surface area contributed by atoms with Crippen LogP contribution in [0.2, 0.25) is 0 Å². The van der Waals surface area contributed by atoms with Gasteiger partial charge in [-0.1, -0.05) is 0 Å². The van der Waals surface area contributed by atoms with Crippen molar-refractivity contribution >= 4 is 11.6 Å². The smallest absolute Gasteiger partial charge is 0.171 e. The van der Waals surface area contributed by atoms with Crippen molar-refractivity contribution in [1.29, 1.82) is 0 Å². The van der Waals surface area contributed by atoms with Crippen molar-refractivity contribution in [2.24, 2.45) is 0 Å². The van der Waals surface area contributed by atoms with Crippen LogP contribution in [0.4, 0.5) is 0 Å². The molecule has 0 spiro atoms. The molecule has 0 heterocycles. The van der Waals surface area contributed by atoms with Crippen molar-refractivity contribution < 1.29 is 50.4 Å². The lowest BCUT2D eigenvalue weighted by Crippen LogP contribution is -2.56. The zero-order valence-electron chi connectivity index (χ0n) is 10.7. The molecule has 0 radical (unpaired) electrons. The van der Waals surface area contributed by atoms with Gasteiger partial charge >= 0.3 is 0 Å². The molecule has 0 saturated heterocycles. The van der Waals surface area contributed by atoms with Gasteiger partial charge in [-0.05, 0) is 0 Å². The van der Waals surface area contributed by atoms with E-state index in [-0.39, 0.29) is 0 Å². The van der Waals surface area contributed by atoms with E-state index in [4.69, 9.17) is 0 Å². The van der Waals surface area contributed by atoms with Crippen LogP contribution < -0.4 is 0 Å². The van der Waals surface area contributed by atoms with Gasteiger partial charge in [0.1, 0.15) is 48.8 Å². The highest BCUT2D eigenvalue weighted by Gasteiger charge is 2.45. The van der Waals surface area contributed by atoms with E-state index in [2.05, 4.69) is 0 Å². The summed E-state index contributed by atoms with van der Waals surface area (Å²) < 4.78 is 0. The van der Waals surface area contributed by atoms with Gasteiger partial charge in [0.15, 0.2) is 11.6 Å². The fraction of sp³-hybridized carbons (Fsp3) is 0.818. The van der Waals surface area contributed by atoms with E-state index < -0.39 is 66.8 Å². The molecule has 8 unspecified atom stereocenters. The second-order valence-electron chi connectivity index (χ2n) is 4.94. The molecule has 0 aromatic heterocycles. The van der Waals surface area contributed by atoms with Crippen LogP contribution >= 0.6 is 0 Å². The Morgan fingerprint density at radius 3 is 1.05 bits per heavy atom. The van der Waals surface area contributed by atoms with Crippen LogP contribution in [0, 0.1) is 0 Å². The Morgan fingerprint density at radius 2 is 0.762 bits per heavy atom. The molecule has 8 atom stereocenters. The maximum absolute atomic E-state index is 11.5. The number of aliphatic hydroxyl groups excluding tert-OH is 8. The minimum absolute atomic E-state index is 1.08. The lowest BCUT2D eigenvalue weighted by molar-refractivity contribution is -0.176. The molecule has 0 amide bonds. The molecule has 1 aliphatic carbocycles. The van der Waals surface area contributed by atoms with E-state index in [1.807, 2.05) is 0 Å². The summed E-state index contributed by atoms with van der Waals surface area (Å²) in [7, 11) is 0. The standard InChI is InChI=1S/C11H18O10/c12-2-1-3(13)5(15)7(17)9(19)11(21)10(20)8(18)6(16)4(2)14/h4-11,14-21H,1H2. The zero-order valence-corrected chi connectivity index (χ0v) is 10.7. The molecule has 21 heavy (non-hydrogen) atoms. The average molecular weight is 310 g/mol. The largest absolute Gasteiger partial charge is 0.387 e. The van der Waals surface area contributed by atoms with Gasteiger partial charge in [-0.3, -0.25) is 9.59 Å². The van der Waals surface area contributed by atoms with Gasteiger partial charge in [0, 0.05) is 0 Å². The number of Topliss-reactive ketones (excluding diaryl/α,β-unsaturated/α-hetero) is 2.